The predicted molar refractivity (Wildman–Crippen MR) is 94.9 cm³/mol. The van der Waals surface area contributed by atoms with Crippen molar-refractivity contribution in [2.75, 3.05) is 18.2 Å². The summed E-state index contributed by atoms with van der Waals surface area (Å²) in [4.78, 5) is 11.9. The molecule has 0 spiro atoms. The molecule has 0 aliphatic rings. The molecule has 0 aliphatic carbocycles. The summed E-state index contributed by atoms with van der Waals surface area (Å²) in [5.41, 5.74) is 0.783. The van der Waals surface area contributed by atoms with Gasteiger partial charge in [0.25, 0.3) is 5.22 Å². The van der Waals surface area contributed by atoms with E-state index in [-0.39, 0.29) is 11.7 Å². The Kier molecular flexibility index (Phi) is 5.61. The van der Waals surface area contributed by atoms with Gasteiger partial charge in [-0.25, -0.2) is 0 Å². The fraction of sp³-hybridized carbons (Fsp3) is 0.267. The van der Waals surface area contributed by atoms with Crippen LogP contribution in [-0.4, -0.2) is 39.2 Å². The summed E-state index contributed by atoms with van der Waals surface area (Å²) in [6.45, 7) is 1.98. The maximum atomic E-state index is 11.9. The number of methoxy groups -OCH3 is 1. The van der Waals surface area contributed by atoms with Crippen molar-refractivity contribution in [1.82, 2.24) is 20.4 Å². The summed E-state index contributed by atoms with van der Waals surface area (Å²) in [5, 5.41) is 20.2. The number of ether oxygens (including phenoxy) is 1. The molecule has 1 N–H and O–H groups in total. The first kappa shape index (κ1) is 17.4. The lowest BCUT2D eigenvalue weighted by atomic mass is 10.2. The van der Waals surface area contributed by atoms with Crippen LogP contribution < -0.4 is 10.1 Å². The smallest absolute Gasteiger partial charge is 0.277 e. The summed E-state index contributed by atoms with van der Waals surface area (Å²) < 4.78 is 10.7. The number of benzene rings is 1. The first-order valence-electron chi connectivity index (χ1n) is 7.41. The van der Waals surface area contributed by atoms with Crippen molar-refractivity contribution in [1.29, 1.82) is 0 Å². The Bertz CT molecular complexity index is 847. The zero-order valence-corrected chi connectivity index (χ0v) is 15.2. The molecule has 0 saturated carbocycles. The van der Waals surface area contributed by atoms with Gasteiger partial charge >= 0.3 is 0 Å². The van der Waals surface area contributed by atoms with Gasteiger partial charge in [-0.05, 0) is 30.7 Å². The lowest BCUT2D eigenvalue weighted by molar-refractivity contribution is -0.113. The number of nitrogens with zero attached hydrogens (tertiary/aromatic N) is 4. The highest BCUT2D eigenvalue weighted by Gasteiger charge is 2.13. The fourth-order valence-corrected chi connectivity index (χ4v) is 3.11. The highest BCUT2D eigenvalue weighted by atomic mass is 32.2. The first-order chi connectivity index (χ1) is 12.2. The van der Waals surface area contributed by atoms with Gasteiger partial charge < -0.3 is 9.15 Å². The summed E-state index contributed by atoms with van der Waals surface area (Å²) in [6.07, 6.45) is 0.790. The van der Waals surface area contributed by atoms with E-state index in [4.69, 9.17) is 9.15 Å². The Morgan fingerprint density at radius 1 is 1.24 bits per heavy atom. The van der Waals surface area contributed by atoms with Crippen molar-refractivity contribution >= 4 is 34.1 Å². The molecular weight excluding hydrogens is 362 g/mol. The van der Waals surface area contributed by atoms with E-state index >= 15 is 0 Å². The minimum atomic E-state index is -0.201. The van der Waals surface area contributed by atoms with Crippen LogP contribution in [0.2, 0.25) is 0 Å². The molecule has 0 unspecified atom stereocenters. The van der Waals surface area contributed by atoms with Crippen LogP contribution in [0, 0.1) is 0 Å². The molecule has 25 heavy (non-hydrogen) atoms. The topological polar surface area (TPSA) is 103 Å². The molecule has 0 bridgehead atoms. The van der Waals surface area contributed by atoms with E-state index in [1.54, 1.807) is 7.11 Å². The second-order valence-electron chi connectivity index (χ2n) is 4.79. The SMILES string of the molecule is CCc1nnc(NC(=O)CSc2nnc(-c3ccc(OC)cc3)o2)s1. The molecule has 0 saturated heterocycles. The minimum absolute atomic E-state index is 0.144. The van der Waals surface area contributed by atoms with Gasteiger partial charge in [0.1, 0.15) is 10.8 Å². The number of aromatic nitrogens is 4. The molecule has 8 nitrogen and oxygen atoms in total. The van der Waals surface area contributed by atoms with E-state index in [9.17, 15) is 4.79 Å². The van der Waals surface area contributed by atoms with Gasteiger partial charge in [0.05, 0.1) is 12.9 Å². The highest BCUT2D eigenvalue weighted by Crippen LogP contribution is 2.25. The van der Waals surface area contributed by atoms with Crippen LogP contribution in [0.25, 0.3) is 11.5 Å². The summed E-state index contributed by atoms with van der Waals surface area (Å²) in [7, 11) is 1.60. The lowest BCUT2D eigenvalue weighted by Crippen LogP contribution is -2.13. The predicted octanol–water partition coefficient (Wildman–Crippen LogP) is 2.89. The van der Waals surface area contributed by atoms with E-state index in [1.165, 1.54) is 11.3 Å². The average Bonchev–Trinajstić information content (AvgIpc) is 3.29. The Morgan fingerprint density at radius 2 is 2.04 bits per heavy atom. The van der Waals surface area contributed by atoms with Crippen LogP contribution in [0.4, 0.5) is 5.13 Å². The van der Waals surface area contributed by atoms with E-state index in [1.807, 2.05) is 31.2 Å². The van der Waals surface area contributed by atoms with Gasteiger partial charge in [-0.2, -0.15) is 0 Å². The Balaban J connectivity index is 1.54. The van der Waals surface area contributed by atoms with E-state index in [2.05, 4.69) is 25.7 Å². The number of aryl methyl sites for hydroxylation is 1. The zero-order valence-electron chi connectivity index (χ0n) is 13.6. The molecule has 1 amide bonds. The molecule has 0 aliphatic heterocycles. The molecule has 1 aromatic carbocycles. The van der Waals surface area contributed by atoms with E-state index < -0.39 is 0 Å². The van der Waals surface area contributed by atoms with Crippen molar-refractivity contribution in [3.63, 3.8) is 0 Å². The molecular formula is C15H15N5O3S2. The molecule has 0 radical (unpaired) electrons. The summed E-state index contributed by atoms with van der Waals surface area (Å²) in [6, 6.07) is 7.28. The monoisotopic (exact) mass is 377 g/mol. The standard InChI is InChI=1S/C15H15N5O3S2/c1-3-12-17-19-14(25-12)16-11(21)8-24-15-20-18-13(23-15)9-4-6-10(22-2)7-5-9/h4-7H,3,8H2,1-2H3,(H,16,19,21). The molecule has 2 heterocycles. The van der Waals surface area contributed by atoms with Gasteiger partial charge in [0.15, 0.2) is 0 Å². The van der Waals surface area contributed by atoms with Crippen LogP contribution >= 0.6 is 23.1 Å². The maximum absolute atomic E-state index is 11.9. The average molecular weight is 377 g/mol. The molecule has 3 rings (SSSR count). The van der Waals surface area contributed by atoms with Crippen molar-refractivity contribution < 1.29 is 13.9 Å². The third-order valence-electron chi connectivity index (χ3n) is 3.09. The number of amides is 1. The number of anilines is 1. The largest absolute Gasteiger partial charge is 0.497 e. The number of hydrogen-bond donors (Lipinski definition) is 1. The Labute approximate surface area is 152 Å². The Hall–Kier alpha value is -2.46. The number of rotatable bonds is 7. The van der Waals surface area contributed by atoms with Crippen LogP contribution in [0.5, 0.6) is 5.75 Å². The maximum Gasteiger partial charge on any atom is 0.277 e. The van der Waals surface area contributed by atoms with Crippen molar-refractivity contribution in [3.05, 3.63) is 29.3 Å². The molecule has 130 valence electrons. The highest BCUT2D eigenvalue weighted by molar-refractivity contribution is 7.99. The van der Waals surface area contributed by atoms with Gasteiger partial charge in [0.2, 0.25) is 16.9 Å². The molecule has 2 aromatic heterocycles. The Morgan fingerprint density at radius 3 is 2.72 bits per heavy atom. The number of carbonyl (C=O) groups excluding carboxylic acids is 1. The third-order valence-corrected chi connectivity index (χ3v) is 4.89. The van der Waals surface area contributed by atoms with Crippen molar-refractivity contribution in [2.45, 2.75) is 18.6 Å². The first-order valence-corrected chi connectivity index (χ1v) is 9.21. The van der Waals surface area contributed by atoms with Gasteiger partial charge in [-0.3, -0.25) is 10.1 Å². The second-order valence-corrected chi connectivity index (χ2v) is 6.78. The second kappa shape index (κ2) is 8.08. The molecule has 0 fully saturated rings. The van der Waals surface area contributed by atoms with Gasteiger partial charge in [-0.15, -0.1) is 20.4 Å². The van der Waals surface area contributed by atoms with Crippen molar-refractivity contribution in [2.24, 2.45) is 0 Å². The zero-order chi connectivity index (χ0) is 17.6. The number of hydrogen-bond acceptors (Lipinski definition) is 9. The van der Waals surface area contributed by atoms with Gasteiger partial charge in [-0.1, -0.05) is 30.0 Å². The number of nitrogens with one attached hydrogen (secondary N) is 1. The fourth-order valence-electron chi connectivity index (χ4n) is 1.85. The van der Waals surface area contributed by atoms with E-state index in [0.717, 1.165) is 34.5 Å². The number of carbonyl (C=O) groups is 1. The summed E-state index contributed by atoms with van der Waals surface area (Å²) >= 11 is 2.53. The van der Waals surface area contributed by atoms with Gasteiger partial charge in [0, 0.05) is 5.56 Å². The van der Waals surface area contributed by atoms with E-state index in [0.29, 0.717) is 16.2 Å². The summed E-state index contributed by atoms with van der Waals surface area (Å²) in [5.74, 6) is 1.08. The molecule has 10 heteroatoms. The molecule has 0 atom stereocenters. The van der Waals surface area contributed by atoms with Crippen molar-refractivity contribution in [3.8, 4) is 17.2 Å². The van der Waals surface area contributed by atoms with Crippen LogP contribution in [0.3, 0.4) is 0 Å². The van der Waals surface area contributed by atoms with Crippen LogP contribution in [0.1, 0.15) is 11.9 Å². The van der Waals surface area contributed by atoms with Crippen LogP contribution in [-0.2, 0) is 11.2 Å². The van der Waals surface area contributed by atoms with Crippen LogP contribution in [0.15, 0.2) is 33.9 Å². The third kappa shape index (κ3) is 4.54. The minimum Gasteiger partial charge on any atom is -0.497 e. The quantitative estimate of drug-likeness (QED) is 0.627. The lowest BCUT2D eigenvalue weighted by Gasteiger charge is -1.99. The molecule has 3 aromatic rings. The number of thioether (sulfide) groups is 1. The normalized spacial score (nSPS) is 10.6.